The topological polar surface area (TPSA) is 15.3 Å². The zero-order chi connectivity index (χ0) is 14.1. The molecule has 0 aromatic heterocycles. The van der Waals surface area contributed by atoms with Crippen LogP contribution >= 0.6 is 0 Å². The van der Waals surface area contributed by atoms with Crippen LogP contribution in [0.1, 0.15) is 79.1 Å². The number of hydrogen-bond acceptors (Lipinski definition) is 2. The van der Waals surface area contributed by atoms with E-state index in [0.717, 1.165) is 12.1 Å². The summed E-state index contributed by atoms with van der Waals surface area (Å²) < 4.78 is 0. The summed E-state index contributed by atoms with van der Waals surface area (Å²) in [4.78, 5) is 2.60. The zero-order valence-electron chi connectivity index (χ0n) is 13.8. The van der Waals surface area contributed by atoms with Gasteiger partial charge in [-0.05, 0) is 53.1 Å². The second kappa shape index (κ2) is 9.77. The molecule has 0 saturated carbocycles. The summed E-state index contributed by atoms with van der Waals surface area (Å²) in [7, 11) is 0. The van der Waals surface area contributed by atoms with Crippen LogP contribution in [0.4, 0.5) is 0 Å². The molecule has 1 aliphatic rings. The van der Waals surface area contributed by atoms with Crippen molar-refractivity contribution in [2.75, 3.05) is 13.1 Å². The summed E-state index contributed by atoms with van der Waals surface area (Å²) in [6, 6.07) is 2.19. The Morgan fingerprint density at radius 3 is 2.21 bits per heavy atom. The average molecular weight is 268 g/mol. The Bertz CT molecular complexity index is 207. The van der Waals surface area contributed by atoms with Crippen molar-refractivity contribution in [3.63, 3.8) is 0 Å². The van der Waals surface area contributed by atoms with Gasteiger partial charge in [-0.25, -0.2) is 0 Å². The maximum atomic E-state index is 3.84. The molecule has 2 nitrogen and oxygen atoms in total. The van der Waals surface area contributed by atoms with Gasteiger partial charge in [0, 0.05) is 18.1 Å². The zero-order valence-corrected chi connectivity index (χ0v) is 13.8. The van der Waals surface area contributed by atoms with Gasteiger partial charge in [0.25, 0.3) is 0 Å². The summed E-state index contributed by atoms with van der Waals surface area (Å²) in [5, 5.41) is 3.84. The minimum atomic E-state index is 0.706. The molecule has 1 N–H and O–H groups in total. The molecule has 1 unspecified atom stereocenters. The van der Waals surface area contributed by atoms with Crippen molar-refractivity contribution in [2.45, 2.75) is 97.2 Å². The largest absolute Gasteiger partial charge is 0.311 e. The molecular formula is C17H36N2. The molecular weight excluding hydrogens is 232 g/mol. The van der Waals surface area contributed by atoms with E-state index in [-0.39, 0.29) is 0 Å². The van der Waals surface area contributed by atoms with Gasteiger partial charge in [0.2, 0.25) is 0 Å². The number of nitrogens with one attached hydrogen (secondary N) is 1. The van der Waals surface area contributed by atoms with E-state index in [2.05, 4.69) is 37.9 Å². The molecule has 1 aliphatic heterocycles. The maximum Gasteiger partial charge on any atom is 0.00938 e. The average Bonchev–Trinajstić information content (AvgIpc) is 2.39. The summed E-state index contributed by atoms with van der Waals surface area (Å²) in [5.41, 5.74) is 0. The number of unbranched alkanes of at least 4 members (excludes halogenated alkanes) is 4. The van der Waals surface area contributed by atoms with Gasteiger partial charge in [-0.3, -0.25) is 0 Å². The van der Waals surface area contributed by atoms with E-state index >= 15 is 0 Å². The molecule has 0 amide bonds. The first-order valence-electron chi connectivity index (χ1n) is 8.63. The van der Waals surface area contributed by atoms with Crippen LogP contribution in [0.3, 0.4) is 0 Å². The smallest absolute Gasteiger partial charge is 0.00938 e. The van der Waals surface area contributed by atoms with E-state index in [4.69, 9.17) is 0 Å². The third-order valence-corrected chi connectivity index (χ3v) is 4.52. The molecule has 0 aromatic rings. The van der Waals surface area contributed by atoms with Gasteiger partial charge in [0.1, 0.15) is 0 Å². The third kappa shape index (κ3) is 7.31. The van der Waals surface area contributed by atoms with Crippen LogP contribution < -0.4 is 5.32 Å². The van der Waals surface area contributed by atoms with E-state index in [9.17, 15) is 0 Å². The number of likely N-dealkylation sites (tertiary alicyclic amines) is 1. The molecule has 2 heteroatoms. The number of piperidine rings is 1. The van der Waals surface area contributed by atoms with E-state index in [0.29, 0.717) is 6.04 Å². The molecule has 1 fully saturated rings. The van der Waals surface area contributed by atoms with Gasteiger partial charge >= 0.3 is 0 Å². The Morgan fingerprint density at radius 2 is 1.63 bits per heavy atom. The number of hydrogen-bond donors (Lipinski definition) is 1. The maximum absolute atomic E-state index is 3.84. The van der Waals surface area contributed by atoms with E-state index in [1.807, 2.05) is 0 Å². The van der Waals surface area contributed by atoms with Crippen LogP contribution in [0.2, 0.25) is 0 Å². The van der Waals surface area contributed by atoms with Crippen molar-refractivity contribution in [3.05, 3.63) is 0 Å². The fraction of sp³-hybridized carbons (Fsp3) is 1.00. The van der Waals surface area contributed by atoms with Gasteiger partial charge < -0.3 is 10.2 Å². The molecule has 0 radical (unpaired) electrons. The Kier molecular flexibility index (Phi) is 8.72. The first-order valence-corrected chi connectivity index (χ1v) is 8.63. The molecule has 114 valence electrons. The Morgan fingerprint density at radius 1 is 1.00 bits per heavy atom. The normalized spacial score (nSPS) is 20.1. The van der Waals surface area contributed by atoms with E-state index in [1.165, 1.54) is 64.5 Å². The molecule has 0 spiro atoms. The van der Waals surface area contributed by atoms with E-state index < -0.39 is 0 Å². The SMILES string of the molecule is CCCCCCCC(C)NC1CCN(C(C)C)CC1. The summed E-state index contributed by atoms with van der Waals surface area (Å²) >= 11 is 0. The van der Waals surface area contributed by atoms with Crippen molar-refractivity contribution in [3.8, 4) is 0 Å². The van der Waals surface area contributed by atoms with Gasteiger partial charge in [0.05, 0.1) is 0 Å². The minimum absolute atomic E-state index is 0.706. The standard InChI is InChI=1S/C17H36N2/c1-5-6-7-8-9-10-16(4)18-17-11-13-19(14-12-17)15(2)3/h15-18H,5-14H2,1-4H3. The van der Waals surface area contributed by atoms with Crippen LogP contribution in [0, 0.1) is 0 Å². The molecule has 1 saturated heterocycles. The van der Waals surface area contributed by atoms with Crippen molar-refractivity contribution in [2.24, 2.45) is 0 Å². The predicted octanol–water partition coefficient (Wildman–Crippen LogP) is 4.20. The van der Waals surface area contributed by atoms with Crippen LogP contribution in [-0.2, 0) is 0 Å². The summed E-state index contributed by atoms with van der Waals surface area (Å²) in [6.45, 7) is 11.8. The Hall–Kier alpha value is -0.0800. The lowest BCUT2D eigenvalue weighted by molar-refractivity contribution is 0.156. The fourth-order valence-electron chi connectivity index (χ4n) is 3.12. The van der Waals surface area contributed by atoms with Gasteiger partial charge in [-0.15, -0.1) is 0 Å². The van der Waals surface area contributed by atoms with Crippen molar-refractivity contribution < 1.29 is 0 Å². The molecule has 1 atom stereocenters. The second-order valence-electron chi connectivity index (χ2n) is 6.67. The van der Waals surface area contributed by atoms with Crippen LogP contribution in [0.25, 0.3) is 0 Å². The predicted molar refractivity (Wildman–Crippen MR) is 85.7 cm³/mol. The lowest BCUT2D eigenvalue weighted by Gasteiger charge is -2.36. The van der Waals surface area contributed by atoms with Crippen LogP contribution in [-0.4, -0.2) is 36.1 Å². The molecule has 1 rings (SSSR count). The van der Waals surface area contributed by atoms with Crippen molar-refractivity contribution in [1.82, 2.24) is 10.2 Å². The van der Waals surface area contributed by atoms with Crippen molar-refractivity contribution in [1.29, 1.82) is 0 Å². The molecule has 1 heterocycles. The fourth-order valence-corrected chi connectivity index (χ4v) is 3.12. The lowest BCUT2D eigenvalue weighted by atomic mass is 10.0. The number of rotatable bonds is 9. The van der Waals surface area contributed by atoms with Crippen LogP contribution in [0.5, 0.6) is 0 Å². The van der Waals surface area contributed by atoms with Crippen molar-refractivity contribution >= 4 is 0 Å². The Labute approximate surface area is 121 Å². The summed E-state index contributed by atoms with van der Waals surface area (Å²) in [5.74, 6) is 0. The lowest BCUT2D eigenvalue weighted by Crippen LogP contribution is -2.47. The highest BCUT2D eigenvalue weighted by atomic mass is 15.2. The third-order valence-electron chi connectivity index (χ3n) is 4.52. The molecule has 19 heavy (non-hydrogen) atoms. The Balaban J connectivity index is 2.05. The minimum Gasteiger partial charge on any atom is -0.311 e. The van der Waals surface area contributed by atoms with Gasteiger partial charge in [-0.1, -0.05) is 39.0 Å². The monoisotopic (exact) mass is 268 g/mol. The highest BCUT2D eigenvalue weighted by molar-refractivity contribution is 4.80. The highest BCUT2D eigenvalue weighted by Crippen LogP contribution is 2.15. The van der Waals surface area contributed by atoms with Gasteiger partial charge in [0.15, 0.2) is 0 Å². The molecule has 0 aromatic carbocycles. The second-order valence-corrected chi connectivity index (χ2v) is 6.67. The summed E-state index contributed by atoms with van der Waals surface area (Å²) in [6.07, 6.45) is 11.0. The highest BCUT2D eigenvalue weighted by Gasteiger charge is 2.21. The van der Waals surface area contributed by atoms with Crippen LogP contribution in [0.15, 0.2) is 0 Å². The number of nitrogens with zero attached hydrogens (tertiary/aromatic N) is 1. The quantitative estimate of drug-likeness (QED) is 0.631. The first-order chi connectivity index (χ1) is 9.13. The first kappa shape index (κ1) is 17.0. The molecule has 0 aliphatic carbocycles. The molecule has 0 bridgehead atoms. The van der Waals surface area contributed by atoms with Gasteiger partial charge in [-0.2, -0.15) is 0 Å². The van der Waals surface area contributed by atoms with E-state index in [1.54, 1.807) is 0 Å².